The SMILES string of the molecule is Cc1ccc(C(=O)Nc2ccccc2C(C)Cl)cc1. The first-order chi connectivity index (χ1) is 9.08. The number of alkyl halides is 1. The second kappa shape index (κ2) is 5.89. The van der Waals surface area contributed by atoms with Gasteiger partial charge in [0, 0.05) is 11.3 Å². The van der Waals surface area contributed by atoms with E-state index < -0.39 is 0 Å². The Kier molecular flexibility index (Phi) is 4.23. The Morgan fingerprint density at radius 2 is 1.74 bits per heavy atom. The van der Waals surface area contributed by atoms with E-state index in [-0.39, 0.29) is 11.3 Å². The number of hydrogen-bond acceptors (Lipinski definition) is 1. The molecule has 0 radical (unpaired) electrons. The van der Waals surface area contributed by atoms with Crippen molar-refractivity contribution in [2.75, 3.05) is 5.32 Å². The summed E-state index contributed by atoms with van der Waals surface area (Å²) in [6, 6.07) is 15.1. The summed E-state index contributed by atoms with van der Waals surface area (Å²) < 4.78 is 0. The third kappa shape index (κ3) is 3.36. The number of benzene rings is 2. The van der Waals surface area contributed by atoms with E-state index in [1.54, 1.807) is 0 Å². The second-order valence-electron chi connectivity index (χ2n) is 4.52. The fourth-order valence-corrected chi connectivity index (χ4v) is 2.05. The van der Waals surface area contributed by atoms with Crippen LogP contribution in [-0.2, 0) is 0 Å². The zero-order chi connectivity index (χ0) is 13.8. The van der Waals surface area contributed by atoms with Crippen LogP contribution in [-0.4, -0.2) is 5.91 Å². The summed E-state index contributed by atoms with van der Waals surface area (Å²) >= 11 is 6.11. The number of carbonyl (C=O) groups excluding carboxylic acids is 1. The molecule has 1 N–H and O–H groups in total. The Labute approximate surface area is 118 Å². The van der Waals surface area contributed by atoms with Crippen molar-refractivity contribution in [3.8, 4) is 0 Å². The fourth-order valence-electron chi connectivity index (χ4n) is 1.86. The minimum atomic E-state index is -0.144. The normalized spacial score (nSPS) is 11.9. The number of amides is 1. The molecule has 0 bridgehead atoms. The van der Waals surface area contributed by atoms with Crippen LogP contribution in [0.25, 0.3) is 0 Å². The van der Waals surface area contributed by atoms with Crippen LogP contribution in [0.3, 0.4) is 0 Å². The lowest BCUT2D eigenvalue weighted by Crippen LogP contribution is -2.13. The average molecular weight is 274 g/mol. The summed E-state index contributed by atoms with van der Waals surface area (Å²) in [5, 5.41) is 2.76. The van der Waals surface area contributed by atoms with Gasteiger partial charge in [-0.15, -0.1) is 11.6 Å². The molecule has 0 heterocycles. The molecule has 0 aliphatic rings. The van der Waals surface area contributed by atoms with E-state index in [1.807, 2.05) is 62.4 Å². The van der Waals surface area contributed by atoms with Gasteiger partial charge in [0.25, 0.3) is 5.91 Å². The van der Waals surface area contributed by atoms with E-state index in [0.29, 0.717) is 5.56 Å². The first-order valence-electron chi connectivity index (χ1n) is 6.19. The maximum atomic E-state index is 12.1. The molecule has 0 aromatic heterocycles. The zero-order valence-electron chi connectivity index (χ0n) is 11.0. The summed E-state index contributed by atoms with van der Waals surface area (Å²) in [7, 11) is 0. The van der Waals surface area contributed by atoms with Gasteiger partial charge >= 0.3 is 0 Å². The van der Waals surface area contributed by atoms with E-state index in [2.05, 4.69) is 5.32 Å². The molecule has 19 heavy (non-hydrogen) atoms. The van der Waals surface area contributed by atoms with E-state index in [4.69, 9.17) is 11.6 Å². The van der Waals surface area contributed by atoms with Crippen LogP contribution in [0, 0.1) is 6.92 Å². The van der Waals surface area contributed by atoms with Gasteiger partial charge in [0.1, 0.15) is 0 Å². The largest absolute Gasteiger partial charge is 0.322 e. The lowest BCUT2D eigenvalue weighted by Gasteiger charge is -2.12. The fraction of sp³-hybridized carbons (Fsp3) is 0.188. The molecule has 0 aliphatic heterocycles. The van der Waals surface area contributed by atoms with Crippen molar-refractivity contribution in [3.63, 3.8) is 0 Å². The molecule has 1 atom stereocenters. The Bertz CT molecular complexity index is 576. The highest BCUT2D eigenvalue weighted by molar-refractivity contribution is 6.21. The molecule has 0 fully saturated rings. The Morgan fingerprint density at radius 1 is 1.11 bits per heavy atom. The van der Waals surface area contributed by atoms with Gasteiger partial charge < -0.3 is 5.32 Å². The molecule has 0 saturated heterocycles. The third-order valence-electron chi connectivity index (χ3n) is 2.95. The molecule has 1 amide bonds. The zero-order valence-corrected chi connectivity index (χ0v) is 11.7. The molecular weight excluding hydrogens is 258 g/mol. The molecule has 2 aromatic rings. The molecule has 98 valence electrons. The number of anilines is 1. The van der Waals surface area contributed by atoms with Gasteiger partial charge in [0.2, 0.25) is 0 Å². The van der Waals surface area contributed by atoms with Crippen LogP contribution in [0.4, 0.5) is 5.69 Å². The molecular formula is C16H16ClNO. The van der Waals surface area contributed by atoms with Crippen molar-refractivity contribution in [1.82, 2.24) is 0 Å². The van der Waals surface area contributed by atoms with Crippen molar-refractivity contribution in [2.45, 2.75) is 19.2 Å². The van der Waals surface area contributed by atoms with Gasteiger partial charge in [-0.05, 0) is 37.6 Å². The summed E-state index contributed by atoms with van der Waals surface area (Å²) in [4.78, 5) is 12.1. The Balaban J connectivity index is 2.22. The Morgan fingerprint density at radius 3 is 2.37 bits per heavy atom. The van der Waals surface area contributed by atoms with Gasteiger partial charge in [-0.1, -0.05) is 35.9 Å². The summed E-state index contributed by atoms with van der Waals surface area (Å²) in [6.45, 7) is 3.88. The van der Waals surface area contributed by atoms with Crippen LogP contribution in [0.5, 0.6) is 0 Å². The second-order valence-corrected chi connectivity index (χ2v) is 5.18. The quantitative estimate of drug-likeness (QED) is 0.817. The molecule has 2 nitrogen and oxygen atoms in total. The van der Waals surface area contributed by atoms with Crippen LogP contribution < -0.4 is 5.32 Å². The first-order valence-corrected chi connectivity index (χ1v) is 6.62. The standard InChI is InChI=1S/C16H16ClNO/c1-11-7-9-13(10-8-11)16(19)18-15-6-4-3-5-14(15)12(2)17/h3-10,12H,1-2H3,(H,18,19). The molecule has 3 heteroatoms. The number of nitrogens with one attached hydrogen (secondary N) is 1. The van der Waals surface area contributed by atoms with Crippen LogP contribution in [0.15, 0.2) is 48.5 Å². The predicted octanol–water partition coefficient (Wildman–Crippen LogP) is 4.55. The van der Waals surface area contributed by atoms with E-state index in [1.165, 1.54) is 0 Å². The highest BCUT2D eigenvalue weighted by Gasteiger charge is 2.11. The van der Waals surface area contributed by atoms with Gasteiger partial charge in [-0.2, -0.15) is 0 Å². The highest BCUT2D eigenvalue weighted by atomic mass is 35.5. The van der Waals surface area contributed by atoms with Gasteiger partial charge in [0.15, 0.2) is 0 Å². The predicted molar refractivity (Wildman–Crippen MR) is 79.8 cm³/mol. The van der Waals surface area contributed by atoms with Crippen molar-refractivity contribution in [3.05, 3.63) is 65.2 Å². The van der Waals surface area contributed by atoms with Gasteiger partial charge in [0.05, 0.1) is 5.38 Å². The van der Waals surface area contributed by atoms with Crippen molar-refractivity contribution in [2.24, 2.45) is 0 Å². The van der Waals surface area contributed by atoms with Crippen LogP contribution in [0.1, 0.15) is 33.8 Å². The minimum Gasteiger partial charge on any atom is -0.322 e. The van der Waals surface area contributed by atoms with Crippen molar-refractivity contribution in [1.29, 1.82) is 0 Å². The number of carbonyl (C=O) groups is 1. The van der Waals surface area contributed by atoms with E-state index >= 15 is 0 Å². The first kappa shape index (κ1) is 13.6. The number of aryl methyl sites for hydroxylation is 1. The van der Waals surface area contributed by atoms with Crippen molar-refractivity contribution < 1.29 is 4.79 Å². The minimum absolute atomic E-state index is 0.121. The molecule has 0 aliphatic carbocycles. The van der Waals surface area contributed by atoms with Gasteiger partial charge in [-0.25, -0.2) is 0 Å². The van der Waals surface area contributed by atoms with Gasteiger partial charge in [-0.3, -0.25) is 4.79 Å². The molecule has 2 aromatic carbocycles. The van der Waals surface area contributed by atoms with E-state index in [9.17, 15) is 4.79 Å². The summed E-state index contributed by atoms with van der Waals surface area (Å²) in [6.07, 6.45) is 0. The number of para-hydroxylation sites is 1. The smallest absolute Gasteiger partial charge is 0.255 e. The molecule has 2 rings (SSSR count). The van der Waals surface area contributed by atoms with Crippen LogP contribution >= 0.6 is 11.6 Å². The number of rotatable bonds is 3. The van der Waals surface area contributed by atoms with E-state index in [0.717, 1.165) is 16.8 Å². The monoisotopic (exact) mass is 273 g/mol. The highest BCUT2D eigenvalue weighted by Crippen LogP contribution is 2.27. The summed E-state index contributed by atoms with van der Waals surface area (Å²) in [5.74, 6) is -0.121. The molecule has 0 spiro atoms. The summed E-state index contributed by atoms with van der Waals surface area (Å²) in [5.41, 5.74) is 3.45. The molecule has 1 unspecified atom stereocenters. The third-order valence-corrected chi connectivity index (χ3v) is 3.19. The maximum Gasteiger partial charge on any atom is 0.255 e. The maximum absolute atomic E-state index is 12.1. The average Bonchev–Trinajstić information content (AvgIpc) is 2.39. The molecule has 0 saturated carbocycles. The lowest BCUT2D eigenvalue weighted by molar-refractivity contribution is 0.102. The van der Waals surface area contributed by atoms with Crippen molar-refractivity contribution >= 4 is 23.2 Å². The number of halogens is 1. The number of hydrogen-bond donors (Lipinski definition) is 1. The lowest BCUT2D eigenvalue weighted by atomic mass is 10.1. The Hall–Kier alpha value is -1.80. The topological polar surface area (TPSA) is 29.1 Å². The van der Waals surface area contributed by atoms with Crippen LogP contribution in [0.2, 0.25) is 0 Å².